The monoisotopic (exact) mass is 313 g/mol. The molecule has 0 saturated heterocycles. The summed E-state index contributed by atoms with van der Waals surface area (Å²) in [5.41, 5.74) is 1.35. The molecule has 0 aliphatic rings. The summed E-state index contributed by atoms with van der Waals surface area (Å²) in [5.74, 6) is 0. The first-order valence-electron chi connectivity index (χ1n) is 3.38. The van der Waals surface area contributed by atoms with Gasteiger partial charge in [0.15, 0.2) is 0 Å². The molecule has 0 heterocycles. The van der Waals surface area contributed by atoms with Gasteiger partial charge in [0, 0.05) is 0 Å². The van der Waals surface area contributed by atoms with Gasteiger partial charge in [0.2, 0.25) is 0 Å². The second kappa shape index (κ2) is 3.83. The van der Waals surface area contributed by atoms with E-state index in [0.717, 1.165) is 6.42 Å². The van der Waals surface area contributed by atoms with Crippen LogP contribution in [0, 0.1) is 0 Å². The van der Waals surface area contributed by atoms with Crippen molar-refractivity contribution in [1.29, 1.82) is 0 Å². The molecule has 0 fully saturated rings. The second-order valence-corrected chi connectivity index (χ2v) is 3.46. The van der Waals surface area contributed by atoms with Crippen LogP contribution in [0.2, 0.25) is 0 Å². The minimum atomic E-state index is 1.13. The Morgan fingerprint density at radius 2 is 1.90 bits per heavy atom. The Kier molecular flexibility index (Phi) is 3.02. The molecule has 0 saturated carbocycles. The Balaban J connectivity index is 2.85. The van der Waals surface area contributed by atoms with Gasteiger partial charge < -0.3 is 0 Å². The van der Waals surface area contributed by atoms with Gasteiger partial charge in [-0.3, -0.25) is 0 Å². The fraction of sp³-hybridized carbons (Fsp3) is 0.222. The molecule has 56 valence electrons. The van der Waals surface area contributed by atoms with Crippen molar-refractivity contribution in [3.05, 3.63) is 35.9 Å². The van der Waals surface area contributed by atoms with Crippen LogP contribution in [0.3, 0.4) is 0 Å². The van der Waals surface area contributed by atoms with E-state index in [0.29, 0.717) is 0 Å². The van der Waals surface area contributed by atoms with E-state index < -0.39 is 0 Å². The molecule has 0 atom stereocenters. The normalized spacial score (nSPS) is 9.50. The van der Waals surface area contributed by atoms with Crippen LogP contribution in [-0.4, -0.2) is 3.90 Å². The van der Waals surface area contributed by atoms with Crippen LogP contribution in [0.25, 0.3) is 0 Å². The Labute approximate surface area is 72.7 Å². The molecule has 0 aromatic heterocycles. The maximum absolute atomic E-state index is 2.37. The molecule has 1 aromatic carbocycles. The van der Waals surface area contributed by atoms with Gasteiger partial charge in [-0.05, 0) is 0 Å². The van der Waals surface area contributed by atoms with Gasteiger partial charge in [-0.2, -0.15) is 0 Å². The van der Waals surface area contributed by atoms with Crippen LogP contribution >= 0.6 is 0 Å². The van der Waals surface area contributed by atoms with Crippen molar-refractivity contribution < 1.29 is 19.4 Å². The molecule has 1 heteroatoms. The Morgan fingerprint density at radius 3 is 2.40 bits per heavy atom. The minimum absolute atomic E-state index is 1.13. The van der Waals surface area contributed by atoms with Crippen LogP contribution in [0.4, 0.5) is 0 Å². The summed E-state index contributed by atoms with van der Waals surface area (Å²) in [6.07, 6.45) is 1.13. The summed E-state index contributed by atoms with van der Waals surface area (Å²) in [6, 6.07) is 10.5. The Bertz CT molecular complexity index is 213. The molecule has 0 bridgehead atoms. The van der Waals surface area contributed by atoms with E-state index in [1.54, 1.807) is 0 Å². The van der Waals surface area contributed by atoms with Gasteiger partial charge in [-0.15, -0.1) is 0 Å². The first-order valence-corrected chi connectivity index (χ1v) is 4.52. The molecule has 0 aliphatic carbocycles. The average molecular weight is 313 g/mol. The number of rotatable bonds is 2. The zero-order chi connectivity index (χ0) is 7.40. The third-order valence-corrected chi connectivity index (χ3v) is 2.82. The van der Waals surface area contributed by atoms with E-state index >= 15 is 0 Å². The summed E-state index contributed by atoms with van der Waals surface area (Å²) in [6.45, 7) is 2.18. The molecule has 1 rings (SSSR count). The Morgan fingerprint density at radius 1 is 1.30 bits per heavy atom. The van der Waals surface area contributed by atoms with Crippen LogP contribution in [-0.2, 0) is 19.4 Å². The zero-order valence-electron chi connectivity index (χ0n) is 5.91. The number of hydrogen-bond donors (Lipinski definition) is 0. The van der Waals surface area contributed by atoms with Crippen LogP contribution in [0.5, 0.6) is 0 Å². The predicted molar refractivity (Wildman–Crippen MR) is 40.8 cm³/mol. The van der Waals surface area contributed by atoms with Crippen LogP contribution in [0.1, 0.15) is 18.9 Å². The summed E-state index contributed by atoms with van der Waals surface area (Å²) >= 11 is 2.37. The van der Waals surface area contributed by atoms with E-state index in [1.165, 1.54) is 9.46 Å². The SMILES string of the molecule is CC[C](=[Pt])c1ccccc1. The molecular formula is C9H10Pt. The van der Waals surface area contributed by atoms with Gasteiger partial charge >= 0.3 is 72.5 Å². The molecule has 0 radical (unpaired) electrons. The third kappa shape index (κ3) is 1.88. The van der Waals surface area contributed by atoms with Crippen molar-refractivity contribution in [2.45, 2.75) is 13.3 Å². The fourth-order valence-electron chi connectivity index (χ4n) is 0.813. The molecule has 10 heavy (non-hydrogen) atoms. The molecule has 1 aromatic rings. The average Bonchev–Trinajstić information content (AvgIpc) is 2.05. The standard InChI is InChI=1S/C9H10.Pt/c1-2-6-9-7-4-3-5-8-9;/h3-5,7-8H,2H2,1H3;. The van der Waals surface area contributed by atoms with Crippen molar-refractivity contribution in [2.24, 2.45) is 0 Å². The third-order valence-electron chi connectivity index (χ3n) is 1.36. The van der Waals surface area contributed by atoms with Gasteiger partial charge in [-0.1, -0.05) is 0 Å². The van der Waals surface area contributed by atoms with Crippen LogP contribution < -0.4 is 0 Å². The molecule has 0 nitrogen and oxygen atoms in total. The number of hydrogen-bond acceptors (Lipinski definition) is 0. The summed E-state index contributed by atoms with van der Waals surface area (Å²) in [4.78, 5) is 0. The summed E-state index contributed by atoms with van der Waals surface area (Å²) < 4.78 is 1.43. The van der Waals surface area contributed by atoms with Gasteiger partial charge in [0.1, 0.15) is 0 Å². The Hall–Kier alpha value is -0.222. The van der Waals surface area contributed by atoms with E-state index in [4.69, 9.17) is 0 Å². The van der Waals surface area contributed by atoms with Crippen molar-refractivity contribution in [3.63, 3.8) is 0 Å². The maximum atomic E-state index is 2.37. The molecule has 0 amide bonds. The van der Waals surface area contributed by atoms with Gasteiger partial charge in [0.25, 0.3) is 0 Å². The van der Waals surface area contributed by atoms with Crippen LogP contribution in [0.15, 0.2) is 30.3 Å². The second-order valence-electron chi connectivity index (χ2n) is 2.09. The van der Waals surface area contributed by atoms with Gasteiger partial charge in [-0.25, -0.2) is 0 Å². The topological polar surface area (TPSA) is 0 Å². The van der Waals surface area contributed by atoms with E-state index in [1.807, 2.05) is 6.07 Å². The quantitative estimate of drug-likeness (QED) is 0.785. The molecule has 0 N–H and O–H groups in total. The zero-order valence-corrected chi connectivity index (χ0v) is 8.18. The summed E-state index contributed by atoms with van der Waals surface area (Å²) in [7, 11) is 0. The van der Waals surface area contributed by atoms with Gasteiger partial charge in [0.05, 0.1) is 0 Å². The molecule has 0 unspecified atom stereocenters. The van der Waals surface area contributed by atoms with E-state index in [-0.39, 0.29) is 0 Å². The van der Waals surface area contributed by atoms with Crippen molar-refractivity contribution >= 4 is 3.90 Å². The molecular weight excluding hydrogens is 303 g/mol. The summed E-state index contributed by atoms with van der Waals surface area (Å²) in [5, 5.41) is 0. The van der Waals surface area contributed by atoms with E-state index in [2.05, 4.69) is 50.5 Å². The predicted octanol–water partition coefficient (Wildman–Crippen LogP) is 2.16. The van der Waals surface area contributed by atoms with Crippen molar-refractivity contribution in [3.8, 4) is 0 Å². The first kappa shape index (κ1) is 7.88. The van der Waals surface area contributed by atoms with Crippen molar-refractivity contribution in [2.75, 3.05) is 0 Å². The molecule has 0 spiro atoms. The first-order chi connectivity index (χ1) is 4.84. The fourth-order valence-corrected chi connectivity index (χ4v) is 1.19. The number of benzene rings is 1. The van der Waals surface area contributed by atoms with E-state index in [9.17, 15) is 0 Å². The molecule has 0 aliphatic heterocycles. The van der Waals surface area contributed by atoms with Crippen molar-refractivity contribution in [1.82, 2.24) is 0 Å².